The van der Waals surface area contributed by atoms with Crippen molar-refractivity contribution in [1.29, 1.82) is 0 Å². The molecule has 8 nitrogen and oxygen atoms in total. The standard InChI is InChI=1S/C14H24O8/c1-3-5-6-13(4-2,9-15)22-11(18)8-14(21,12(19)20)7-10(16)17/h15,21H,3-9H2,1-2H3,(H,16,17)(H,19,20). The first kappa shape index (κ1) is 20.3. The number of hydrogen-bond acceptors (Lipinski definition) is 6. The number of ether oxygens (including phenoxy) is 1. The zero-order valence-electron chi connectivity index (χ0n) is 12.9. The number of unbranched alkanes of at least 4 members (excludes halogenated alkanes) is 1. The molecule has 2 unspecified atom stereocenters. The minimum atomic E-state index is -2.73. The second-order valence-corrected chi connectivity index (χ2v) is 5.36. The van der Waals surface area contributed by atoms with E-state index in [2.05, 4.69) is 0 Å². The molecule has 0 aromatic carbocycles. The molecule has 0 radical (unpaired) electrons. The van der Waals surface area contributed by atoms with Crippen molar-refractivity contribution in [2.45, 2.75) is 63.6 Å². The van der Waals surface area contributed by atoms with Crippen LogP contribution < -0.4 is 0 Å². The van der Waals surface area contributed by atoms with Gasteiger partial charge in [-0.2, -0.15) is 0 Å². The molecule has 0 aliphatic rings. The number of aliphatic hydroxyl groups excluding tert-OH is 1. The van der Waals surface area contributed by atoms with Gasteiger partial charge in [-0.3, -0.25) is 9.59 Å². The van der Waals surface area contributed by atoms with Crippen molar-refractivity contribution in [1.82, 2.24) is 0 Å². The van der Waals surface area contributed by atoms with Gasteiger partial charge < -0.3 is 25.2 Å². The second-order valence-electron chi connectivity index (χ2n) is 5.36. The van der Waals surface area contributed by atoms with Crippen molar-refractivity contribution >= 4 is 17.9 Å². The molecule has 0 rings (SSSR count). The van der Waals surface area contributed by atoms with E-state index in [-0.39, 0.29) is 0 Å². The summed E-state index contributed by atoms with van der Waals surface area (Å²) in [5, 5.41) is 36.8. The van der Waals surface area contributed by atoms with Crippen LogP contribution in [0.4, 0.5) is 0 Å². The maximum absolute atomic E-state index is 11.9. The lowest BCUT2D eigenvalue weighted by molar-refractivity contribution is -0.181. The first-order chi connectivity index (χ1) is 10.1. The zero-order valence-corrected chi connectivity index (χ0v) is 12.9. The third kappa shape index (κ3) is 5.98. The summed E-state index contributed by atoms with van der Waals surface area (Å²) in [5.41, 5.74) is -3.88. The fraction of sp³-hybridized carbons (Fsp3) is 0.786. The van der Waals surface area contributed by atoms with Crippen LogP contribution in [0.15, 0.2) is 0 Å². The number of carbonyl (C=O) groups is 3. The van der Waals surface area contributed by atoms with Gasteiger partial charge in [-0.1, -0.05) is 20.3 Å². The normalized spacial score (nSPS) is 16.4. The highest BCUT2D eigenvalue weighted by Gasteiger charge is 2.43. The average Bonchev–Trinajstić information content (AvgIpc) is 2.42. The monoisotopic (exact) mass is 320 g/mol. The van der Waals surface area contributed by atoms with Crippen molar-refractivity contribution in [2.24, 2.45) is 0 Å². The fourth-order valence-corrected chi connectivity index (χ4v) is 2.00. The molecule has 0 aromatic rings. The lowest BCUT2D eigenvalue weighted by atomic mass is 9.93. The van der Waals surface area contributed by atoms with Gasteiger partial charge in [0, 0.05) is 0 Å². The van der Waals surface area contributed by atoms with Crippen molar-refractivity contribution in [2.75, 3.05) is 6.61 Å². The highest BCUT2D eigenvalue weighted by molar-refractivity contribution is 5.88. The van der Waals surface area contributed by atoms with Crippen LogP contribution in [0, 0.1) is 0 Å². The molecule has 22 heavy (non-hydrogen) atoms. The number of esters is 1. The Labute approximate surface area is 128 Å². The summed E-state index contributed by atoms with van der Waals surface area (Å²) in [4.78, 5) is 33.5. The minimum Gasteiger partial charge on any atom is -0.481 e. The number of carboxylic acid groups (broad SMARTS) is 2. The van der Waals surface area contributed by atoms with Crippen LogP contribution in [0.25, 0.3) is 0 Å². The molecule has 0 spiro atoms. The summed E-state index contributed by atoms with van der Waals surface area (Å²) in [6.07, 6.45) is 0.108. The predicted molar refractivity (Wildman–Crippen MR) is 75.2 cm³/mol. The van der Waals surface area contributed by atoms with Crippen molar-refractivity contribution in [3.8, 4) is 0 Å². The van der Waals surface area contributed by atoms with Crippen LogP contribution in [0.3, 0.4) is 0 Å². The van der Waals surface area contributed by atoms with Crippen molar-refractivity contribution in [3.63, 3.8) is 0 Å². The van der Waals surface area contributed by atoms with Crippen LogP contribution in [0.1, 0.15) is 52.4 Å². The SMILES string of the molecule is CCCCC(CC)(CO)OC(=O)CC(O)(CC(=O)O)C(=O)O. The maximum Gasteiger partial charge on any atom is 0.336 e. The van der Waals surface area contributed by atoms with E-state index in [1.165, 1.54) is 0 Å². The molecular formula is C14H24O8. The minimum absolute atomic E-state index is 0.319. The number of carbonyl (C=O) groups excluding carboxylic acids is 1. The van der Waals surface area contributed by atoms with Crippen LogP contribution in [-0.2, 0) is 19.1 Å². The van der Waals surface area contributed by atoms with E-state index in [1.54, 1.807) is 6.92 Å². The summed E-state index contributed by atoms with van der Waals surface area (Å²) < 4.78 is 5.16. The molecule has 0 aromatic heterocycles. The Morgan fingerprint density at radius 2 is 1.68 bits per heavy atom. The van der Waals surface area contributed by atoms with Gasteiger partial charge in [-0.05, 0) is 19.3 Å². The number of hydrogen-bond donors (Lipinski definition) is 4. The Hall–Kier alpha value is -1.67. The quantitative estimate of drug-likeness (QED) is 0.404. The largest absolute Gasteiger partial charge is 0.481 e. The van der Waals surface area contributed by atoms with Crippen LogP contribution in [0.5, 0.6) is 0 Å². The first-order valence-electron chi connectivity index (χ1n) is 7.15. The third-order valence-electron chi connectivity index (χ3n) is 3.53. The van der Waals surface area contributed by atoms with Crippen LogP contribution >= 0.6 is 0 Å². The van der Waals surface area contributed by atoms with Gasteiger partial charge in [0.2, 0.25) is 0 Å². The Morgan fingerprint density at radius 3 is 2.05 bits per heavy atom. The third-order valence-corrected chi connectivity index (χ3v) is 3.53. The Balaban J connectivity index is 5.00. The lowest BCUT2D eigenvalue weighted by Crippen LogP contribution is -2.46. The van der Waals surface area contributed by atoms with E-state index >= 15 is 0 Å². The Morgan fingerprint density at radius 1 is 1.09 bits per heavy atom. The first-order valence-corrected chi connectivity index (χ1v) is 7.15. The van der Waals surface area contributed by atoms with Crippen molar-refractivity contribution in [3.05, 3.63) is 0 Å². The molecular weight excluding hydrogens is 296 g/mol. The number of aliphatic carboxylic acids is 2. The smallest absolute Gasteiger partial charge is 0.336 e. The van der Waals surface area contributed by atoms with E-state index in [0.29, 0.717) is 19.3 Å². The molecule has 4 N–H and O–H groups in total. The molecule has 0 aliphatic heterocycles. The summed E-state index contributed by atoms with van der Waals surface area (Å²) >= 11 is 0. The van der Waals surface area contributed by atoms with Crippen LogP contribution in [-0.4, -0.2) is 56.1 Å². The van der Waals surface area contributed by atoms with Gasteiger partial charge in [0.15, 0.2) is 5.60 Å². The average molecular weight is 320 g/mol. The zero-order chi connectivity index (χ0) is 17.4. The molecule has 0 saturated carbocycles. The van der Waals surface area contributed by atoms with E-state index < -0.39 is 48.6 Å². The Bertz CT molecular complexity index is 402. The number of rotatable bonds is 11. The van der Waals surface area contributed by atoms with E-state index in [0.717, 1.165) is 6.42 Å². The van der Waals surface area contributed by atoms with Gasteiger partial charge >= 0.3 is 17.9 Å². The molecule has 8 heteroatoms. The molecule has 2 atom stereocenters. The molecule has 0 amide bonds. The lowest BCUT2D eigenvalue weighted by Gasteiger charge is -2.32. The summed E-state index contributed by atoms with van der Waals surface area (Å²) in [5.74, 6) is -4.42. The maximum atomic E-state index is 11.9. The van der Waals surface area contributed by atoms with Gasteiger partial charge in [0.25, 0.3) is 0 Å². The van der Waals surface area contributed by atoms with E-state index in [4.69, 9.17) is 14.9 Å². The van der Waals surface area contributed by atoms with E-state index in [9.17, 15) is 24.6 Å². The highest BCUT2D eigenvalue weighted by Crippen LogP contribution is 2.26. The molecule has 128 valence electrons. The summed E-state index contributed by atoms with van der Waals surface area (Å²) in [6.45, 7) is 3.20. The van der Waals surface area contributed by atoms with Gasteiger partial charge in [-0.25, -0.2) is 4.79 Å². The number of carboxylic acids is 2. The molecule has 0 heterocycles. The summed E-state index contributed by atoms with van der Waals surface area (Å²) in [6, 6.07) is 0. The molecule has 0 bridgehead atoms. The van der Waals surface area contributed by atoms with Gasteiger partial charge in [-0.15, -0.1) is 0 Å². The highest BCUT2D eigenvalue weighted by atomic mass is 16.6. The van der Waals surface area contributed by atoms with Crippen molar-refractivity contribution < 1.29 is 39.5 Å². The Kier molecular flexibility index (Phi) is 8.04. The fourth-order valence-electron chi connectivity index (χ4n) is 2.00. The van der Waals surface area contributed by atoms with E-state index in [1.807, 2.05) is 6.92 Å². The van der Waals surface area contributed by atoms with Gasteiger partial charge in [0.05, 0.1) is 19.4 Å². The van der Waals surface area contributed by atoms with Crippen LogP contribution in [0.2, 0.25) is 0 Å². The molecule has 0 saturated heterocycles. The predicted octanol–water partition coefficient (Wildman–Crippen LogP) is 0.541. The second kappa shape index (κ2) is 8.70. The molecule has 0 fully saturated rings. The molecule has 0 aliphatic carbocycles. The van der Waals surface area contributed by atoms with Gasteiger partial charge in [0.1, 0.15) is 5.60 Å². The topological polar surface area (TPSA) is 141 Å². The summed E-state index contributed by atoms with van der Waals surface area (Å²) in [7, 11) is 0. The number of aliphatic hydroxyl groups is 2.